The maximum absolute atomic E-state index is 13.9. The minimum Gasteiger partial charge on any atom is -0.489 e. The quantitative estimate of drug-likeness (QED) is 0.255. The molecule has 1 fully saturated rings. The van der Waals surface area contributed by atoms with E-state index in [-0.39, 0.29) is 19.1 Å². The van der Waals surface area contributed by atoms with Crippen molar-refractivity contribution < 1.29 is 14.6 Å². The van der Waals surface area contributed by atoms with Crippen LogP contribution in [0.3, 0.4) is 0 Å². The Labute approximate surface area is 231 Å². The lowest BCUT2D eigenvalue weighted by molar-refractivity contribution is 0.0713. The van der Waals surface area contributed by atoms with Crippen molar-refractivity contribution in [1.82, 2.24) is 4.90 Å². The second kappa shape index (κ2) is 11.7. The van der Waals surface area contributed by atoms with E-state index >= 15 is 0 Å². The van der Waals surface area contributed by atoms with E-state index in [1.807, 2.05) is 59.5 Å². The maximum atomic E-state index is 13.9. The summed E-state index contributed by atoms with van der Waals surface area (Å²) in [7, 11) is 0. The van der Waals surface area contributed by atoms with Crippen LogP contribution in [0.1, 0.15) is 34.0 Å². The van der Waals surface area contributed by atoms with Crippen molar-refractivity contribution in [3.63, 3.8) is 0 Å². The molecule has 1 saturated heterocycles. The van der Waals surface area contributed by atoms with E-state index in [0.717, 1.165) is 34.4 Å². The number of aliphatic hydroxyl groups is 1. The molecular weight excluding hydrogens is 525 g/mol. The average Bonchev–Trinajstić information content (AvgIpc) is 3.31. The van der Waals surface area contributed by atoms with Crippen LogP contribution in [0.5, 0.6) is 5.75 Å². The molecule has 7 heteroatoms. The zero-order chi connectivity index (χ0) is 25.8. The van der Waals surface area contributed by atoms with Gasteiger partial charge in [0, 0.05) is 39.1 Å². The summed E-state index contributed by atoms with van der Waals surface area (Å²) in [5.74, 6) is 0.867. The molecule has 190 valence electrons. The lowest BCUT2D eigenvalue weighted by Crippen LogP contribution is -2.37. The molecule has 1 aromatic heterocycles. The predicted molar refractivity (Wildman–Crippen MR) is 152 cm³/mol. The monoisotopic (exact) mass is 551 g/mol. The van der Waals surface area contributed by atoms with E-state index in [0.29, 0.717) is 39.7 Å². The number of hydrogen-bond acceptors (Lipinski definition) is 4. The number of halogens is 2. The fourth-order valence-electron chi connectivity index (χ4n) is 4.84. The molecule has 1 amide bonds. The van der Waals surface area contributed by atoms with Crippen molar-refractivity contribution >= 4 is 40.4 Å². The first-order valence-corrected chi connectivity index (χ1v) is 13.9. The minimum atomic E-state index is -0.159. The molecule has 1 aliphatic heterocycles. The van der Waals surface area contributed by atoms with Crippen molar-refractivity contribution in [2.75, 3.05) is 26.3 Å². The molecule has 0 radical (unpaired) electrons. The normalized spacial score (nSPS) is 14.1. The summed E-state index contributed by atoms with van der Waals surface area (Å²) in [4.78, 5) is 17.2. The summed E-state index contributed by atoms with van der Waals surface area (Å²) < 4.78 is 6.08. The van der Waals surface area contributed by atoms with Crippen LogP contribution in [0, 0.1) is 0 Å². The number of benzene rings is 3. The fraction of sp³-hybridized carbons (Fsp3) is 0.233. The van der Waals surface area contributed by atoms with E-state index in [2.05, 4.69) is 24.3 Å². The van der Waals surface area contributed by atoms with Crippen molar-refractivity contribution in [3.8, 4) is 27.3 Å². The second-order valence-electron chi connectivity index (χ2n) is 9.00. The summed E-state index contributed by atoms with van der Waals surface area (Å²) in [6.45, 7) is 1.27. The maximum Gasteiger partial charge on any atom is 0.267 e. The molecule has 0 unspecified atom stereocenters. The third-order valence-electron chi connectivity index (χ3n) is 6.70. The number of carbonyl (C=O) groups is 1. The van der Waals surface area contributed by atoms with Crippen LogP contribution >= 0.6 is 34.5 Å². The van der Waals surface area contributed by atoms with Crippen molar-refractivity contribution in [2.45, 2.75) is 18.8 Å². The smallest absolute Gasteiger partial charge is 0.267 e. The molecule has 0 aliphatic carbocycles. The summed E-state index contributed by atoms with van der Waals surface area (Å²) in [5, 5.41) is 10.8. The van der Waals surface area contributed by atoms with Gasteiger partial charge in [-0.3, -0.25) is 4.79 Å². The van der Waals surface area contributed by atoms with Crippen LogP contribution in [-0.2, 0) is 0 Å². The fourth-order valence-corrected chi connectivity index (χ4v) is 6.53. The summed E-state index contributed by atoms with van der Waals surface area (Å²) in [6.07, 6.45) is 1.82. The minimum absolute atomic E-state index is 0.0574. The van der Waals surface area contributed by atoms with Crippen LogP contribution in [0.2, 0.25) is 10.0 Å². The lowest BCUT2D eigenvalue weighted by Gasteiger charge is -2.32. The van der Waals surface area contributed by atoms with Gasteiger partial charge >= 0.3 is 0 Å². The third-order valence-corrected chi connectivity index (χ3v) is 8.47. The van der Waals surface area contributed by atoms with Crippen LogP contribution in [-0.4, -0.2) is 42.2 Å². The highest BCUT2D eigenvalue weighted by molar-refractivity contribution is 7.18. The summed E-state index contributed by atoms with van der Waals surface area (Å²) in [6, 6.07) is 25.5. The Balaban J connectivity index is 1.54. The number of ether oxygens (including phenoxy) is 1. The Bertz CT molecular complexity index is 1360. The summed E-state index contributed by atoms with van der Waals surface area (Å²) >= 11 is 14.2. The standard InChI is InChI=1S/C30H27Cl2NO3S/c31-23-12-10-22(11-13-23)26-27(36-19-18-34)29(37-28(26)24-8-4-5-9-25(24)32)30(35)33-16-14-21(15-17-33)20-6-2-1-3-7-20/h1-13,21,34H,14-19H2. The second-order valence-corrected chi connectivity index (χ2v) is 10.9. The SMILES string of the molecule is O=C(c1sc(-c2ccccc2Cl)c(-c2ccc(Cl)cc2)c1OCCO)N1CCC(c2ccccc2)CC1. The van der Waals surface area contributed by atoms with E-state index < -0.39 is 0 Å². The lowest BCUT2D eigenvalue weighted by atomic mass is 9.89. The molecule has 4 aromatic rings. The molecule has 2 heterocycles. The van der Waals surface area contributed by atoms with Gasteiger partial charge in [0.25, 0.3) is 5.91 Å². The molecule has 0 saturated carbocycles. The Kier molecular flexibility index (Phi) is 8.16. The van der Waals surface area contributed by atoms with Crippen LogP contribution < -0.4 is 4.74 Å². The highest BCUT2D eigenvalue weighted by Gasteiger charge is 2.32. The number of thiophene rings is 1. The Morgan fingerprint density at radius 1 is 0.946 bits per heavy atom. The first-order chi connectivity index (χ1) is 18.1. The first-order valence-electron chi connectivity index (χ1n) is 12.3. The van der Waals surface area contributed by atoms with Crippen LogP contribution in [0.4, 0.5) is 0 Å². The van der Waals surface area contributed by atoms with Gasteiger partial charge in [-0.1, -0.05) is 83.9 Å². The van der Waals surface area contributed by atoms with Gasteiger partial charge in [-0.05, 0) is 48.1 Å². The van der Waals surface area contributed by atoms with E-state index in [4.69, 9.17) is 27.9 Å². The van der Waals surface area contributed by atoms with Gasteiger partial charge in [0.2, 0.25) is 0 Å². The molecular formula is C30H27Cl2NO3S. The first kappa shape index (κ1) is 25.8. The molecule has 37 heavy (non-hydrogen) atoms. The molecule has 0 atom stereocenters. The molecule has 0 spiro atoms. The summed E-state index contributed by atoms with van der Waals surface area (Å²) in [5.41, 5.74) is 3.80. The number of nitrogens with zero attached hydrogens (tertiary/aromatic N) is 1. The number of carbonyl (C=O) groups excluding carboxylic acids is 1. The highest BCUT2D eigenvalue weighted by atomic mass is 35.5. The van der Waals surface area contributed by atoms with Gasteiger partial charge in [-0.15, -0.1) is 11.3 Å². The Morgan fingerprint density at radius 2 is 1.62 bits per heavy atom. The average molecular weight is 553 g/mol. The molecule has 3 aromatic carbocycles. The number of rotatable bonds is 7. The number of likely N-dealkylation sites (tertiary alicyclic amines) is 1. The van der Waals surface area contributed by atoms with Gasteiger partial charge in [0.15, 0.2) is 5.75 Å². The van der Waals surface area contributed by atoms with Crippen molar-refractivity contribution in [1.29, 1.82) is 0 Å². The van der Waals surface area contributed by atoms with Crippen molar-refractivity contribution in [3.05, 3.63) is 99.3 Å². The van der Waals surface area contributed by atoms with Crippen LogP contribution in [0.25, 0.3) is 21.6 Å². The zero-order valence-electron chi connectivity index (χ0n) is 20.2. The number of amides is 1. The van der Waals surface area contributed by atoms with Crippen LogP contribution in [0.15, 0.2) is 78.9 Å². The van der Waals surface area contributed by atoms with Gasteiger partial charge in [-0.25, -0.2) is 0 Å². The Hall–Kier alpha value is -2.83. The molecule has 1 N–H and O–H groups in total. The molecule has 4 nitrogen and oxygen atoms in total. The third kappa shape index (κ3) is 5.55. The molecule has 0 bridgehead atoms. The van der Waals surface area contributed by atoms with Gasteiger partial charge in [-0.2, -0.15) is 0 Å². The molecule has 1 aliphatic rings. The van der Waals surface area contributed by atoms with E-state index in [1.165, 1.54) is 16.9 Å². The molecule has 5 rings (SSSR count). The number of aliphatic hydroxyl groups excluding tert-OH is 1. The van der Waals surface area contributed by atoms with E-state index in [1.54, 1.807) is 0 Å². The van der Waals surface area contributed by atoms with E-state index in [9.17, 15) is 9.90 Å². The number of piperidine rings is 1. The largest absolute Gasteiger partial charge is 0.489 e. The number of hydrogen-bond donors (Lipinski definition) is 1. The van der Waals surface area contributed by atoms with Crippen molar-refractivity contribution in [2.24, 2.45) is 0 Å². The topological polar surface area (TPSA) is 49.8 Å². The predicted octanol–water partition coefficient (Wildman–Crippen LogP) is 7.78. The van der Waals surface area contributed by atoms with Gasteiger partial charge < -0.3 is 14.7 Å². The Morgan fingerprint density at radius 3 is 2.30 bits per heavy atom. The highest BCUT2D eigenvalue weighted by Crippen LogP contribution is 2.50. The van der Waals surface area contributed by atoms with Gasteiger partial charge in [0.05, 0.1) is 6.61 Å². The van der Waals surface area contributed by atoms with Gasteiger partial charge in [0.1, 0.15) is 11.5 Å². The zero-order valence-corrected chi connectivity index (χ0v) is 22.5.